The lowest BCUT2D eigenvalue weighted by atomic mass is 9.82. The standard InChI is InChI=1S/C13H18N2O2/c16-11-6-9(7-11)8-14-13(17)12-2-1-5-15(12)10-3-4-10/h1-2,5,9-11,16H,3-4,6-8H2,(H,14,17). The van der Waals surface area contributed by atoms with Crippen LogP contribution in [-0.4, -0.2) is 28.2 Å². The molecule has 4 nitrogen and oxygen atoms in total. The Morgan fingerprint density at radius 1 is 1.47 bits per heavy atom. The summed E-state index contributed by atoms with van der Waals surface area (Å²) >= 11 is 0. The van der Waals surface area contributed by atoms with E-state index in [2.05, 4.69) is 9.88 Å². The Labute approximate surface area is 101 Å². The molecule has 1 heterocycles. The van der Waals surface area contributed by atoms with Gasteiger partial charge in [-0.05, 0) is 43.7 Å². The molecule has 2 N–H and O–H groups in total. The van der Waals surface area contributed by atoms with Crippen LogP contribution < -0.4 is 5.32 Å². The highest BCUT2D eigenvalue weighted by atomic mass is 16.3. The van der Waals surface area contributed by atoms with E-state index in [9.17, 15) is 9.90 Å². The van der Waals surface area contributed by atoms with Crippen LogP contribution in [0.15, 0.2) is 18.3 Å². The van der Waals surface area contributed by atoms with Crippen molar-refractivity contribution < 1.29 is 9.90 Å². The Morgan fingerprint density at radius 3 is 2.88 bits per heavy atom. The van der Waals surface area contributed by atoms with Crippen molar-refractivity contribution in [3.8, 4) is 0 Å². The van der Waals surface area contributed by atoms with Crippen molar-refractivity contribution in [2.75, 3.05) is 6.54 Å². The first-order valence-electron chi connectivity index (χ1n) is 6.37. The van der Waals surface area contributed by atoms with Crippen molar-refractivity contribution in [3.63, 3.8) is 0 Å². The molecule has 17 heavy (non-hydrogen) atoms. The largest absolute Gasteiger partial charge is 0.393 e. The fraction of sp³-hybridized carbons (Fsp3) is 0.615. The average Bonchev–Trinajstić information content (AvgIpc) is 3.00. The maximum Gasteiger partial charge on any atom is 0.267 e. The molecule has 4 heteroatoms. The van der Waals surface area contributed by atoms with Gasteiger partial charge in [0.05, 0.1) is 6.10 Å². The zero-order valence-electron chi connectivity index (χ0n) is 9.80. The highest BCUT2D eigenvalue weighted by Gasteiger charge is 2.29. The molecule has 2 aliphatic rings. The van der Waals surface area contributed by atoms with Gasteiger partial charge < -0.3 is 15.0 Å². The number of rotatable bonds is 4. The molecule has 0 atom stereocenters. The molecule has 0 aromatic carbocycles. The molecule has 0 spiro atoms. The normalized spacial score (nSPS) is 27.6. The van der Waals surface area contributed by atoms with Crippen LogP contribution in [-0.2, 0) is 0 Å². The second-order valence-corrected chi connectivity index (χ2v) is 5.23. The third-order valence-electron chi connectivity index (χ3n) is 3.71. The summed E-state index contributed by atoms with van der Waals surface area (Å²) in [5, 5.41) is 12.1. The van der Waals surface area contributed by atoms with Crippen molar-refractivity contribution >= 4 is 5.91 Å². The smallest absolute Gasteiger partial charge is 0.267 e. The summed E-state index contributed by atoms with van der Waals surface area (Å²) in [6.07, 6.45) is 5.85. The predicted molar refractivity (Wildman–Crippen MR) is 63.8 cm³/mol. The van der Waals surface area contributed by atoms with Gasteiger partial charge in [0.2, 0.25) is 0 Å². The van der Waals surface area contributed by atoms with Gasteiger partial charge in [-0.1, -0.05) is 0 Å². The van der Waals surface area contributed by atoms with E-state index >= 15 is 0 Å². The number of hydrogen-bond donors (Lipinski definition) is 2. The fourth-order valence-corrected chi connectivity index (χ4v) is 2.45. The molecule has 1 amide bonds. The molecular formula is C13H18N2O2. The summed E-state index contributed by atoms with van der Waals surface area (Å²) in [5.41, 5.74) is 0.771. The third-order valence-corrected chi connectivity index (χ3v) is 3.71. The molecule has 92 valence electrons. The first-order chi connectivity index (χ1) is 8.24. The first kappa shape index (κ1) is 10.8. The summed E-state index contributed by atoms with van der Waals surface area (Å²) in [7, 11) is 0. The van der Waals surface area contributed by atoms with Crippen molar-refractivity contribution in [1.82, 2.24) is 9.88 Å². The lowest BCUT2D eigenvalue weighted by molar-refractivity contribution is 0.0419. The number of aliphatic hydroxyl groups excluding tert-OH is 1. The second kappa shape index (κ2) is 4.18. The minimum atomic E-state index is -0.146. The zero-order chi connectivity index (χ0) is 11.8. The van der Waals surface area contributed by atoms with Gasteiger partial charge in [-0.2, -0.15) is 0 Å². The van der Waals surface area contributed by atoms with E-state index in [4.69, 9.17) is 0 Å². The summed E-state index contributed by atoms with van der Waals surface area (Å²) in [4.78, 5) is 12.0. The van der Waals surface area contributed by atoms with Crippen LogP contribution >= 0.6 is 0 Å². The number of aromatic nitrogens is 1. The SMILES string of the molecule is O=C(NCC1CC(O)C1)c1cccn1C1CC1. The Morgan fingerprint density at radius 2 is 2.24 bits per heavy atom. The fourth-order valence-electron chi connectivity index (χ4n) is 2.45. The Hall–Kier alpha value is -1.29. The highest BCUT2D eigenvalue weighted by Crippen LogP contribution is 2.36. The van der Waals surface area contributed by atoms with Crippen molar-refractivity contribution in [3.05, 3.63) is 24.0 Å². The molecule has 1 aromatic rings. The quantitative estimate of drug-likeness (QED) is 0.825. The number of carbonyl (C=O) groups is 1. The first-order valence-corrected chi connectivity index (χ1v) is 6.37. The van der Waals surface area contributed by atoms with E-state index in [0.717, 1.165) is 18.5 Å². The van der Waals surface area contributed by atoms with E-state index in [1.807, 2.05) is 18.3 Å². The van der Waals surface area contributed by atoms with E-state index < -0.39 is 0 Å². The van der Waals surface area contributed by atoms with Crippen LogP contribution in [0.1, 0.15) is 42.2 Å². The average molecular weight is 234 g/mol. The van der Waals surface area contributed by atoms with Gasteiger partial charge in [0.25, 0.3) is 5.91 Å². The molecule has 0 bridgehead atoms. The molecule has 2 aliphatic carbocycles. The minimum Gasteiger partial charge on any atom is -0.393 e. The number of hydrogen-bond acceptors (Lipinski definition) is 2. The van der Waals surface area contributed by atoms with Gasteiger partial charge in [-0.15, -0.1) is 0 Å². The molecule has 1 aromatic heterocycles. The Balaban J connectivity index is 1.56. The van der Waals surface area contributed by atoms with Crippen LogP contribution in [0, 0.1) is 5.92 Å². The summed E-state index contributed by atoms with van der Waals surface area (Å²) in [6.45, 7) is 0.686. The topological polar surface area (TPSA) is 54.3 Å². The van der Waals surface area contributed by atoms with Crippen LogP contribution in [0.25, 0.3) is 0 Å². The highest BCUT2D eigenvalue weighted by molar-refractivity contribution is 5.92. The van der Waals surface area contributed by atoms with Crippen molar-refractivity contribution in [1.29, 1.82) is 0 Å². The lowest BCUT2D eigenvalue weighted by Crippen LogP contribution is -2.38. The second-order valence-electron chi connectivity index (χ2n) is 5.23. The molecule has 3 rings (SSSR count). The van der Waals surface area contributed by atoms with Crippen LogP contribution in [0.3, 0.4) is 0 Å². The summed E-state index contributed by atoms with van der Waals surface area (Å²) in [5.74, 6) is 0.474. The van der Waals surface area contributed by atoms with E-state index in [1.54, 1.807) is 0 Å². The summed E-state index contributed by atoms with van der Waals surface area (Å²) in [6, 6.07) is 4.35. The maximum absolute atomic E-state index is 12.0. The molecule has 2 saturated carbocycles. The third kappa shape index (κ3) is 2.22. The molecule has 0 unspecified atom stereocenters. The van der Waals surface area contributed by atoms with Crippen LogP contribution in [0.5, 0.6) is 0 Å². The van der Waals surface area contributed by atoms with Gasteiger partial charge >= 0.3 is 0 Å². The molecule has 2 fully saturated rings. The van der Waals surface area contributed by atoms with Crippen LogP contribution in [0.4, 0.5) is 0 Å². The number of carbonyl (C=O) groups excluding carboxylic acids is 1. The van der Waals surface area contributed by atoms with E-state index in [1.165, 1.54) is 12.8 Å². The van der Waals surface area contributed by atoms with Gasteiger partial charge in [0.1, 0.15) is 5.69 Å². The zero-order valence-corrected chi connectivity index (χ0v) is 9.80. The van der Waals surface area contributed by atoms with E-state index in [-0.39, 0.29) is 12.0 Å². The van der Waals surface area contributed by atoms with Gasteiger partial charge in [0.15, 0.2) is 0 Å². The maximum atomic E-state index is 12.0. The Bertz CT molecular complexity index is 417. The number of nitrogens with one attached hydrogen (secondary N) is 1. The van der Waals surface area contributed by atoms with Crippen LogP contribution in [0.2, 0.25) is 0 Å². The summed E-state index contributed by atoms with van der Waals surface area (Å²) < 4.78 is 2.07. The van der Waals surface area contributed by atoms with E-state index in [0.29, 0.717) is 18.5 Å². The Kier molecular flexibility index (Phi) is 2.67. The molecular weight excluding hydrogens is 216 g/mol. The van der Waals surface area contributed by atoms with Crippen molar-refractivity contribution in [2.45, 2.75) is 37.8 Å². The number of amides is 1. The predicted octanol–water partition coefficient (Wildman–Crippen LogP) is 1.32. The van der Waals surface area contributed by atoms with Gasteiger partial charge in [-0.25, -0.2) is 0 Å². The number of nitrogens with zero attached hydrogens (tertiary/aromatic N) is 1. The monoisotopic (exact) mass is 234 g/mol. The van der Waals surface area contributed by atoms with Gasteiger partial charge in [0, 0.05) is 18.8 Å². The lowest BCUT2D eigenvalue weighted by Gasteiger charge is -2.31. The minimum absolute atomic E-state index is 0.0169. The van der Waals surface area contributed by atoms with Crippen molar-refractivity contribution in [2.24, 2.45) is 5.92 Å². The molecule has 0 aliphatic heterocycles. The number of aliphatic hydroxyl groups is 1. The molecule has 0 radical (unpaired) electrons. The molecule has 0 saturated heterocycles. The van der Waals surface area contributed by atoms with Gasteiger partial charge in [-0.3, -0.25) is 4.79 Å².